The highest BCUT2D eigenvalue weighted by Crippen LogP contribution is 2.35. The molecule has 1 unspecified atom stereocenters. The van der Waals surface area contributed by atoms with Crippen LogP contribution in [0.3, 0.4) is 0 Å². The van der Waals surface area contributed by atoms with Gasteiger partial charge in [0.05, 0.1) is 10.4 Å². The third-order valence-electron chi connectivity index (χ3n) is 7.72. The van der Waals surface area contributed by atoms with Gasteiger partial charge in [0.2, 0.25) is 5.91 Å². The Labute approximate surface area is 233 Å². The number of hydrogen-bond acceptors (Lipinski definition) is 6. The standard InChI is InChI=1S/C29H30ClN5O3S/c30-27-16-20(17-28(33-27)32-21-12-14-34(15-13-21)22-10-11-29(36)31-18-22)25-19-35(26-9-5-4-8-24(25)26)39(37,38)23-6-2-1-3-7-23/h1-9,16-17,19,21-22H,10-15,18H2,(H,31,36)(H,32,33). The van der Waals surface area contributed by atoms with Gasteiger partial charge in [-0.25, -0.2) is 17.4 Å². The summed E-state index contributed by atoms with van der Waals surface area (Å²) in [6, 6.07) is 20.3. The van der Waals surface area contributed by atoms with E-state index in [9.17, 15) is 13.2 Å². The van der Waals surface area contributed by atoms with Crippen molar-refractivity contribution in [3.63, 3.8) is 0 Å². The molecule has 2 fully saturated rings. The van der Waals surface area contributed by atoms with E-state index in [2.05, 4.69) is 20.5 Å². The normalized spacial score (nSPS) is 19.2. The highest BCUT2D eigenvalue weighted by atomic mass is 35.5. The van der Waals surface area contributed by atoms with Crippen molar-refractivity contribution in [1.82, 2.24) is 19.2 Å². The van der Waals surface area contributed by atoms with Crippen molar-refractivity contribution < 1.29 is 13.2 Å². The number of carbonyl (C=O) groups is 1. The lowest BCUT2D eigenvalue weighted by atomic mass is 9.99. The molecule has 39 heavy (non-hydrogen) atoms. The number of benzene rings is 2. The van der Waals surface area contributed by atoms with E-state index >= 15 is 0 Å². The number of carbonyl (C=O) groups excluding carboxylic acids is 1. The summed E-state index contributed by atoms with van der Waals surface area (Å²) in [6.45, 7) is 2.64. The van der Waals surface area contributed by atoms with Gasteiger partial charge in [-0.1, -0.05) is 48.0 Å². The van der Waals surface area contributed by atoms with Crippen molar-refractivity contribution in [2.24, 2.45) is 0 Å². The molecule has 0 radical (unpaired) electrons. The molecule has 0 bridgehead atoms. The molecule has 2 aromatic heterocycles. The van der Waals surface area contributed by atoms with Crippen LogP contribution >= 0.6 is 11.6 Å². The Morgan fingerprint density at radius 3 is 2.46 bits per heavy atom. The summed E-state index contributed by atoms with van der Waals surface area (Å²) in [6.07, 6.45) is 5.10. The molecule has 0 aliphatic carbocycles. The van der Waals surface area contributed by atoms with Gasteiger partial charge in [0.25, 0.3) is 10.0 Å². The van der Waals surface area contributed by atoms with Crippen LogP contribution in [-0.2, 0) is 14.8 Å². The zero-order valence-electron chi connectivity index (χ0n) is 21.4. The van der Waals surface area contributed by atoms with Crippen LogP contribution in [0.5, 0.6) is 0 Å². The van der Waals surface area contributed by atoms with Crippen molar-refractivity contribution in [2.45, 2.75) is 42.7 Å². The van der Waals surface area contributed by atoms with Crippen molar-refractivity contribution in [3.8, 4) is 11.1 Å². The summed E-state index contributed by atoms with van der Waals surface area (Å²) < 4.78 is 28.4. The van der Waals surface area contributed by atoms with Crippen LogP contribution in [-0.4, -0.2) is 59.9 Å². The topological polar surface area (TPSA) is 96.3 Å². The molecule has 6 rings (SSSR count). The van der Waals surface area contributed by atoms with E-state index in [1.807, 2.05) is 30.3 Å². The van der Waals surface area contributed by atoms with Crippen LogP contribution in [0, 0.1) is 0 Å². The van der Waals surface area contributed by atoms with Gasteiger partial charge >= 0.3 is 0 Å². The molecule has 8 nitrogen and oxygen atoms in total. The molecule has 2 aliphatic rings. The number of nitrogens with one attached hydrogen (secondary N) is 2. The summed E-state index contributed by atoms with van der Waals surface area (Å²) in [5.74, 6) is 0.815. The first-order valence-electron chi connectivity index (χ1n) is 13.2. The van der Waals surface area contributed by atoms with Crippen LogP contribution in [0.25, 0.3) is 22.0 Å². The number of para-hydroxylation sites is 1. The minimum absolute atomic E-state index is 0.145. The van der Waals surface area contributed by atoms with Crippen molar-refractivity contribution >= 4 is 44.3 Å². The second-order valence-corrected chi connectivity index (χ2v) is 12.4. The summed E-state index contributed by atoms with van der Waals surface area (Å²) in [5, 5.41) is 7.70. The summed E-state index contributed by atoms with van der Waals surface area (Å²) in [7, 11) is -3.79. The Hall–Kier alpha value is -3.40. The Morgan fingerprint density at radius 1 is 0.974 bits per heavy atom. The van der Waals surface area contributed by atoms with E-state index in [1.165, 1.54) is 3.97 Å². The maximum absolute atomic E-state index is 13.5. The Kier molecular flexibility index (Phi) is 7.05. The number of fused-ring (bicyclic) bond motifs is 1. The summed E-state index contributed by atoms with van der Waals surface area (Å²) in [4.78, 5) is 18.7. The average Bonchev–Trinajstić information content (AvgIpc) is 3.35. The minimum atomic E-state index is -3.79. The fourth-order valence-corrected chi connectivity index (χ4v) is 7.26. The summed E-state index contributed by atoms with van der Waals surface area (Å²) in [5.41, 5.74) is 2.17. The second kappa shape index (κ2) is 10.6. The largest absolute Gasteiger partial charge is 0.367 e. The molecule has 0 saturated carbocycles. The molecule has 2 N–H and O–H groups in total. The maximum atomic E-state index is 13.5. The van der Waals surface area contributed by atoms with Gasteiger partial charge in [0, 0.05) is 55.3 Å². The number of pyridine rings is 1. The lowest BCUT2D eigenvalue weighted by molar-refractivity contribution is -0.123. The average molecular weight is 564 g/mol. The molecule has 202 valence electrons. The number of anilines is 1. The predicted molar refractivity (Wildman–Crippen MR) is 153 cm³/mol. The van der Waals surface area contributed by atoms with Crippen molar-refractivity contribution in [1.29, 1.82) is 0 Å². The molecule has 1 amide bonds. The quantitative estimate of drug-likeness (QED) is 0.329. The lowest BCUT2D eigenvalue weighted by Crippen LogP contribution is -2.51. The molecule has 2 aromatic carbocycles. The smallest absolute Gasteiger partial charge is 0.268 e. The van der Waals surface area contributed by atoms with Crippen molar-refractivity contribution in [3.05, 3.63) is 78.1 Å². The van der Waals surface area contributed by atoms with E-state index in [0.29, 0.717) is 29.0 Å². The van der Waals surface area contributed by atoms with Crippen molar-refractivity contribution in [2.75, 3.05) is 25.0 Å². The van der Waals surface area contributed by atoms with Crippen LogP contribution in [0.2, 0.25) is 5.15 Å². The highest BCUT2D eigenvalue weighted by Gasteiger charge is 2.28. The van der Waals surface area contributed by atoms with Gasteiger partial charge in [-0.2, -0.15) is 0 Å². The van der Waals surface area contributed by atoms with Crippen LogP contribution in [0.15, 0.2) is 77.8 Å². The number of nitrogens with zero attached hydrogens (tertiary/aromatic N) is 3. The number of hydrogen-bond donors (Lipinski definition) is 2. The van der Waals surface area contributed by atoms with Gasteiger partial charge in [-0.05, 0) is 55.2 Å². The molecule has 1 atom stereocenters. The van der Waals surface area contributed by atoms with Gasteiger partial charge in [0.1, 0.15) is 11.0 Å². The first-order chi connectivity index (χ1) is 18.9. The molecule has 0 spiro atoms. The van der Waals surface area contributed by atoms with E-state index < -0.39 is 10.0 Å². The third-order valence-corrected chi connectivity index (χ3v) is 9.60. The van der Waals surface area contributed by atoms with E-state index in [0.717, 1.165) is 55.4 Å². The zero-order valence-corrected chi connectivity index (χ0v) is 23.0. The molecule has 10 heteroatoms. The zero-order chi connectivity index (χ0) is 27.0. The van der Waals surface area contributed by atoms with Gasteiger partial charge in [0.15, 0.2) is 0 Å². The highest BCUT2D eigenvalue weighted by molar-refractivity contribution is 7.90. The van der Waals surface area contributed by atoms with E-state index in [1.54, 1.807) is 42.6 Å². The fraction of sp³-hybridized carbons (Fsp3) is 0.310. The Balaban J connectivity index is 1.25. The molecular formula is C29H30ClN5O3S. The van der Waals surface area contributed by atoms with Gasteiger partial charge in [-0.15, -0.1) is 0 Å². The predicted octanol–water partition coefficient (Wildman–Crippen LogP) is 4.75. The monoisotopic (exact) mass is 563 g/mol. The first-order valence-corrected chi connectivity index (χ1v) is 15.1. The molecule has 4 aromatic rings. The van der Waals surface area contributed by atoms with Crippen LogP contribution in [0.4, 0.5) is 5.82 Å². The molecule has 4 heterocycles. The third kappa shape index (κ3) is 5.26. The second-order valence-electron chi connectivity index (χ2n) is 10.2. The first kappa shape index (κ1) is 25.9. The van der Waals surface area contributed by atoms with Crippen LogP contribution in [0.1, 0.15) is 25.7 Å². The number of aromatic nitrogens is 2. The lowest BCUT2D eigenvalue weighted by Gasteiger charge is -2.39. The maximum Gasteiger partial charge on any atom is 0.268 e. The Bertz CT molecular complexity index is 1600. The molecule has 2 saturated heterocycles. The molecular weight excluding hydrogens is 534 g/mol. The van der Waals surface area contributed by atoms with E-state index in [-0.39, 0.29) is 16.8 Å². The van der Waals surface area contributed by atoms with Gasteiger partial charge in [-0.3, -0.25) is 9.69 Å². The number of piperidine rings is 2. The number of amides is 1. The van der Waals surface area contributed by atoms with Gasteiger partial charge < -0.3 is 10.6 Å². The number of rotatable bonds is 6. The number of likely N-dealkylation sites (tertiary alicyclic amines) is 1. The fourth-order valence-electron chi connectivity index (χ4n) is 5.66. The molecule has 2 aliphatic heterocycles. The van der Waals surface area contributed by atoms with Crippen LogP contribution < -0.4 is 10.6 Å². The minimum Gasteiger partial charge on any atom is -0.367 e. The Morgan fingerprint density at radius 2 is 1.72 bits per heavy atom. The SMILES string of the molecule is O=C1CCC(N2CCC(Nc3cc(-c4cn(S(=O)(=O)c5ccccc5)c5ccccc45)cc(Cl)n3)CC2)CN1. The van der Waals surface area contributed by atoms with E-state index in [4.69, 9.17) is 11.6 Å². The summed E-state index contributed by atoms with van der Waals surface area (Å²) >= 11 is 6.48. The number of halogens is 1.